The zero-order valence-corrected chi connectivity index (χ0v) is 20.5. The smallest absolute Gasteiger partial charge is 0.269 e. The van der Waals surface area contributed by atoms with E-state index in [1.54, 1.807) is 0 Å². The Morgan fingerprint density at radius 3 is 1.21 bits per heavy atom. The average molecular weight is 514 g/mol. The molecule has 4 aromatic carbocycles. The van der Waals surface area contributed by atoms with Gasteiger partial charge in [-0.15, -0.1) is 0 Å². The number of fused-ring (bicyclic) bond motifs is 2. The summed E-state index contributed by atoms with van der Waals surface area (Å²) in [6.07, 6.45) is 9.73. The van der Waals surface area contributed by atoms with Crippen molar-refractivity contribution >= 4 is 12.2 Å². The largest absolute Gasteiger partial charge is 0.269 e. The van der Waals surface area contributed by atoms with Crippen LogP contribution in [0.2, 0.25) is 0 Å². The van der Waals surface area contributed by atoms with E-state index < -0.39 is 23.2 Å². The molecular formula is C30H24F2Zr. The molecule has 4 aromatic rings. The first-order chi connectivity index (χ1) is 15.3. The molecule has 0 aromatic heterocycles. The molecule has 0 radical (unpaired) electrons. The van der Waals surface area contributed by atoms with E-state index >= 15 is 0 Å². The Labute approximate surface area is 205 Å². The average Bonchev–Trinajstić information content (AvgIpc) is 3.41. The number of hydrogen-bond acceptors (Lipinski definition) is 0. The third kappa shape index (κ3) is 3.60. The molecule has 33 heavy (non-hydrogen) atoms. The van der Waals surface area contributed by atoms with Crippen molar-refractivity contribution < 1.29 is 32.6 Å². The summed E-state index contributed by atoms with van der Waals surface area (Å²) in [4.78, 5) is 0. The minimum Gasteiger partial charge on any atom is -0.269 e. The summed E-state index contributed by atoms with van der Waals surface area (Å²) in [7, 11) is 0. The molecule has 3 heteroatoms. The molecule has 0 heterocycles. The van der Waals surface area contributed by atoms with E-state index in [9.17, 15) is 0 Å². The fourth-order valence-electron chi connectivity index (χ4n) is 5.19. The summed E-state index contributed by atoms with van der Waals surface area (Å²) in [6, 6.07) is 40.3. The summed E-state index contributed by atoms with van der Waals surface area (Å²) < 4.78 is -0.0301. The molecule has 0 bridgehead atoms. The Kier molecular flexibility index (Phi) is 6.46. The van der Waals surface area contributed by atoms with Gasteiger partial charge in [0.1, 0.15) is 0 Å². The van der Waals surface area contributed by atoms with Gasteiger partial charge < -0.3 is 0 Å². The molecule has 162 valence electrons. The van der Waals surface area contributed by atoms with Gasteiger partial charge in [0.15, 0.2) is 0 Å². The Balaban J connectivity index is 0.00000130. The second-order valence-electron chi connectivity index (χ2n) is 8.31. The Morgan fingerprint density at radius 2 is 0.788 bits per heavy atom. The van der Waals surface area contributed by atoms with Gasteiger partial charge in [0.05, 0.1) is 0 Å². The molecule has 0 N–H and O–H groups in total. The van der Waals surface area contributed by atoms with E-state index in [-0.39, 0.29) is 15.7 Å². The number of rotatable bonds is 4. The fourth-order valence-corrected chi connectivity index (χ4v) is 10.8. The van der Waals surface area contributed by atoms with Crippen molar-refractivity contribution in [3.8, 4) is 0 Å². The van der Waals surface area contributed by atoms with Crippen molar-refractivity contribution in [2.24, 2.45) is 0 Å². The first-order valence-corrected chi connectivity index (χ1v) is 13.3. The maximum absolute atomic E-state index is 2.51. The molecule has 0 nitrogen and oxygen atoms in total. The van der Waals surface area contributed by atoms with Crippen molar-refractivity contribution in [1.82, 2.24) is 0 Å². The molecule has 2 atom stereocenters. The second-order valence-corrected chi connectivity index (χ2v) is 12.8. The van der Waals surface area contributed by atoms with E-state index in [1.165, 1.54) is 33.4 Å². The minimum atomic E-state index is -1.24. The molecule has 2 aliphatic rings. The summed E-state index contributed by atoms with van der Waals surface area (Å²) in [5.41, 5.74) is 8.53. The summed E-state index contributed by atoms with van der Waals surface area (Å²) in [6.45, 7) is 0. The van der Waals surface area contributed by atoms with Crippen LogP contribution in [0.25, 0.3) is 12.2 Å². The maximum atomic E-state index is 2.51. The van der Waals surface area contributed by atoms with Crippen LogP contribution in [0.1, 0.15) is 33.4 Å². The van der Waals surface area contributed by atoms with Crippen LogP contribution in [0, 0.1) is 0 Å². The number of allylic oxidation sites excluding steroid dienone is 2. The van der Waals surface area contributed by atoms with Crippen LogP contribution in [0.4, 0.5) is 9.41 Å². The van der Waals surface area contributed by atoms with Crippen molar-refractivity contribution in [3.63, 3.8) is 0 Å². The first kappa shape index (κ1) is 23.3. The van der Waals surface area contributed by atoms with Crippen molar-refractivity contribution in [2.75, 3.05) is 0 Å². The van der Waals surface area contributed by atoms with Gasteiger partial charge in [-0.2, -0.15) is 0 Å². The third-order valence-corrected chi connectivity index (χ3v) is 12.2. The van der Waals surface area contributed by atoms with Crippen LogP contribution in [-0.4, -0.2) is 0 Å². The van der Waals surface area contributed by atoms with Crippen LogP contribution in [0.3, 0.4) is 0 Å². The van der Waals surface area contributed by atoms with E-state index in [2.05, 4.69) is 133 Å². The minimum absolute atomic E-state index is 0. The third-order valence-electron chi connectivity index (χ3n) is 6.65. The van der Waals surface area contributed by atoms with Crippen LogP contribution < -0.4 is 0 Å². The van der Waals surface area contributed by atoms with Crippen molar-refractivity contribution in [2.45, 2.75) is 6.25 Å². The molecular weight excluding hydrogens is 490 g/mol. The van der Waals surface area contributed by atoms with Gasteiger partial charge in [-0.3, -0.25) is 9.41 Å². The quantitative estimate of drug-likeness (QED) is 0.268. The van der Waals surface area contributed by atoms with Crippen LogP contribution in [-0.2, 0) is 29.5 Å². The van der Waals surface area contributed by atoms with Gasteiger partial charge >= 0.3 is 196 Å². The summed E-state index contributed by atoms with van der Waals surface area (Å²) in [5.74, 6) is 0. The van der Waals surface area contributed by atoms with Crippen molar-refractivity contribution in [3.05, 3.63) is 155 Å². The molecule has 0 amide bonds. The Hall–Kier alpha value is -2.90. The predicted octanol–water partition coefficient (Wildman–Crippen LogP) is 7.32. The fraction of sp³-hybridized carbons (Fsp3) is 0.0667. The standard InChI is InChI=1S/2C15H11.2FH.Zr/c2*1-2-6-12(7-3-1)15-11-10-13-8-4-5-9-14(13)15;;;/h2*1-11H;2*1H;. The second kappa shape index (κ2) is 9.16. The Bertz CT molecular complexity index is 1210. The molecule has 0 saturated heterocycles. The van der Waals surface area contributed by atoms with Gasteiger partial charge in [-0.05, 0) is 0 Å². The number of benzene rings is 4. The zero-order chi connectivity index (χ0) is 20.7. The first-order valence-electron chi connectivity index (χ1n) is 10.8. The topological polar surface area (TPSA) is 0 Å². The monoisotopic (exact) mass is 512 g/mol. The van der Waals surface area contributed by atoms with Gasteiger partial charge in [0.25, 0.3) is 0 Å². The SMILES string of the molecule is C1=C[C]([Zr][C]2(c3ccccc3)C=Cc3ccccc32)(c2ccccc2)c2ccccc21.F.F. The number of hydrogen-bond donors (Lipinski definition) is 0. The number of halogens is 2. The van der Waals surface area contributed by atoms with Gasteiger partial charge in [-0.25, -0.2) is 0 Å². The predicted molar refractivity (Wildman–Crippen MR) is 130 cm³/mol. The molecule has 6 rings (SSSR count). The molecule has 0 fully saturated rings. The zero-order valence-electron chi connectivity index (χ0n) is 18.0. The van der Waals surface area contributed by atoms with Gasteiger partial charge in [-0.1, -0.05) is 0 Å². The molecule has 0 spiro atoms. The molecule has 0 aliphatic heterocycles. The molecule has 2 aliphatic carbocycles. The summed E-state index contributed by atoms with van der Waals surface area (Å²) >= 11 is -1.24. The van der Waals surface area contributed by atoms with E-state index in [0.29, 0.717) is 0 Å². The van der Waals surface area contributed by atoms with Gasteiger partial charge in [0.2, 0.25) is 0 Å². The van der Waals surface area contributed by atoms with Crippen LogP contribution >= 0.6 is 0 Å². The van der Waals surface area contributed by atoms with E-state index in [4.69, 9.17) is 0 Å². The van der Waals surface area contributed by atoms with Crippen LogP contribution in [0.5, 0.6) is 0 Å². The normalized spacial score (nSPS) is 21.5. The summed E-state index contributed by atoms with van der Waals surface area (Å²) in [5, 5.41) is 0. The maximum Gasteiger partial charge on any atom is -0.269 e. The van der Waals surface area contributed by atoms with Gasteiger partial charge in [0, 0.05) is 0 Å². The Morgan fingerprint density at radius 1 is 0.424 bits per heavy atom. The van der Waals surface area contributed by atoms with Crippen LogP contribution in [0.15, 0.2) is 121 Å². The molecule has 2 unspecified atom stereocenters. The molecule has 0 saturated carbocycles. The van der Waals surface area contributed by atoms with E-state index in [0.717, 1.165) is 0 Å². The van der Waals surface area contributed by atoms with E-state index in [1.807, 2.05) is 0 Å². The van der Waals surface area contributed by atoms with Crippen molar-refractivity contribution in [1.29, 1.82) is 0 Å².